The van der Waals surface area contributed by atoms with Crippen molar-refractivity contribution in [1.82, 2.24) is 4.90 Å². The fourth-order valence-corrected chi connectivity index (χ4v) is 2.92. The Labute approximate surface area is 151 Å². The van der Waals surface area contributed by atoms with Crippen molar-refractivity contribution in [3.63, 3.8) is 0 Å². The largest absolute Gasteiger partial charge is 0.494 e. The van der Waals surface area contributed by atoms with Gasteiger partial charge in [0.15, 0.2) is 0 Å². The predicted molar refractivity (Wildman–Crippen MR) is 96.1 cm³/mol. The summed E-state index contributed by atoms with van der Waals surface area (Å²) in [5.41, 5.74) is 0.749. The Hall–Kier alpha value is -2.28. The van der Waals surface area contributed by atoms with Crippen molar-refractivity contribution in [2.45, 2.75) is 20.8 Å². The van der Waals surface area contributed by atoms with E-state index in [0.29, 0.717) is 12.4 Å². The number of amides is 2. The average molecular weight is 363 g/mol. The number of thioether (sulfide) groups is 1. The van der Waals surface area contributed by atoms with E-state index in [9.17, 15) is 14.4 Å². The van der Waals surface area contributed by atoms with Crippen molar-refractivity contribution in [3.05, 3.63) is 34.7 Å². The third kappa shape index (κ3) is 5.35. The molecule has 1 aliphatic rings. The highest BCUT2D eigenvalue weighted by Gasteiger charge is 2.36. The third-order valence-corrected chi connectivity index (χ3v) is 4.11. The Morgan fingerprint density at radius 2 is 2.08 bits per heavy atom. The molecule has 0 unspecified atom stereocenters. The molecule has 1 fully saturated rings. The van der Waals surface area contributed by atoms with Gasteiger partial charge in [-0.3, -0.25) is 19.3 Å². The van der Waals surface area contributed by atoms with Crippen LogP contribution in [0.15, 0.2) is 29.2 Å². The molecule has 7 heteroatoms. The maximum absolute atomic E-state index is 12.4. The number of hydrogen-bond donors (Lipinski definition) is 0. The van der Waals surface area contributed by atoms with Crippen LogP contribution in [0.1, 0.15) is 26.3 Å². The molecule has 1 aliphatic heterocycles. The fourth-order valence-electron chi connectivity index (χ4n) is 2.08. The highest BCUT2D eigenvalue weighted by molar-refractivity contribution is 8.18. The number of ether oxygens (including phenoxy) is 2. The smallest absolute Gasteiger partial charge is 0.326 e. The number of rotatable bonds is 7. The zero-order chi connectivity index (χ0) is 18.4. The van der Waals surface area contributed by atoms with Crippen LogP contribution in [-0.4, -0.2) is 41.8 Å². The molecule has 1 aromatic rings. The summed E-state index contributed by atoms with van der Waals surface area (Å²) in [4.78, 5) is 37.3. The Bertz CT molecular complexity index is 698. The molecule has 1 saturated heterocycles. The summed E-state index contributed by atoms with van der Waals surface area (Å²) in [5.74, 6) is -0.196. The monoisotopic (exact) mass is 363 g/mol. The standard InChI is InChI=1S/C18H21NO5S/c1-4-23-14-7-5-6-13(8-14)9-15-17(21)19(18(22)25-15)10-16(20)24-11-12(2)3/h5-9,12H,4,10-11H2,1-3H3/b15-9-. The maximum atomic E-state index is 12.4. The summed E-state index contributed by atoms with van der Waals surface area (Å²) in [6.45, 7) is 6.14. The van der Waals surface area contributed by atoms with Crippen molar-refractivity contribution in [2.75, 3.05) is 19.8 Å². The summed E-state index contributed by atoms with van der Waals surface area (Å²) in [5, 5.41) is -0.473. The molecule has 1 aromatic carbocycles. The molecule has 2 rings (SSSR count). The van der Waals surface area contributed by atoms with Crippen molar-refractivity contribution in [2.24, 2.45) is 5.92 Å². The molecule has 0 radical (unpaired) electrons. The second-order valence-electron chi connectivity index (χ2n) is 5.85. The van der Waals surface area contributed by atoms with Gasteiger partial charge in [-0.2, -0.15) is 0 Å². The Balaban J connectivity index is 2.07. The minimum atomic E-state index is -0.587. The Morgan fingerprint density at radius 3 is 2.76 bits per heavy atom. The van der Waals surface area contributed by atoms with Crippen LogP contribution >= 0.6 is 11.8 Å². The first kappa shape index (κ1) is 19.1. The Morgan fingerprint density at radius 1 is 1.32 bits per heavy atom. The van der Waals surface area contributed by atoms with Crippen molar-refractivity contribution < 1.29 is 23.9 Å². The van der Waals surface area contributed by atoms with E-state index in [1.165, 1.54) is 0 Å². The molecule has 0 aromatic heterocycles. The number of carbonyl (C=O) groups excluding carboxylic acids is 3. The first-order chi connectivity index (χ1) is 11.9. The minimum Gasteiger partial charge on any atom is -0.494 e. The van der Waals surface area contributed by atoms with Gasteiger partial charge in [-0.25, -0.2) is 0 Å². The van der Waals surface area contributed by atoms with Crippen molar-refractivity contribution >= 4 is 35.0 Å². The Kier molecular flexibility index (Phi) is 6.64. The number of esters is 1. The summed E-state index contributed by atoms with van der Waals surface area (Å²) < 4.78 is 10.4. The van der Waals surface area contributed by atoms with E-state index >= 15 is 0 Å². The zero-order valence-electron chi connectivity index (χ0n) is 14.5. The van der Waals surface area contributed by atoms with Crippen LogP contribution in [0.5, 0.6) is 5.75 Å². The minimum absolute atomic E-state index is 0.191. The van der Waals surface area contributed by atoms with Gasteiger partial charge in [-0.05, 0) is 48.4 Å². The van der Waals surface area contributed by atoms with E-state index in [1.807, 2.05) is 39.0 Å². The topological polar surface area (TPSA) is 72.9 Å². The van der Waals surface area contributed by atoms with Gasteiger partial charge < -0.3 is 9.47 Å². The van der Waals surface area contributed by atoms with Crippen molar-refractivity contribution in [1.29, 1.82) is 0 Å². The molecule has 0 bridgehead atoms. The van der Waals surface area contributed by atoms with E-state index in [-0.39, 0.29) is 24.0 Å². The summed E-state index contributed by atoms with van der Waals surface area (Å²) in [6.07, 6.45) is 1.62. The summed E-state index contributed by atoms with van der Waals surface area (Å²) in [6, 6.07) is 7.23. The molecule has 25 heavy (non-hydrogen) atoms. The highest BCUT2D eigenvalue weighted by atomic mass is 32.2. The number of benzene rings is 1. The van der Waals surface area contributed by atoms with Crippen LogP contribution in [0.2, 0.25) is 0 Å². The van der Waals surface area contributed by atoms with Crippen LogP contribution in [0, 0.1) is 5.92 Å². The van der Waals surface area contributed by atoms with Crippen LogP contribution in [0.4, 0.5) is 4.79 Å². The van der Waals surface area contributed by atoms with Crippen LogP contribution in [-0.2, 0) is 14.3 Å². The van der Waals surface area contributed by atoms with E-state index in [2.05, 4.69) is 0 Å². The SMILES string of the molecule is CCOc1cccc(/C=C2\SC(=O)N(CC(=O)OCC(C)C)C2=O)c1. The quantitative estimate of drug-likeness (QED) is 0.547. The van der Waals surface area contributed by atoms with E-state index in [1.54, 1.807) is 12.1 Å². The molecule has 6 nitrogen and oxygen atoms in total. The van der Waals surface area contributed by atoms with Gasteiger partial charge >= 0.3 is 5.97 Å². The molecule has 0 atom stereocenters. The molecule has 0 saturated carbocycles. The van der Waals surface area contributed by atoms with Gasteiger partial charge in [0.2, 0.25) is 0 Å². The van der Waals surface area contributed by atoms with E-state index in [0.717, 1.165) is 22.2 Å². The lowest BCUT2D eigenvalue weighted by molar-refractivity contribution is -0.147. The molecule has 0 N–H and O–H groups in total. The first-order valence-corrected chi connectivity index (χ1v) is 8.86. The molecule has 134 valence electrons. The van der Waals surface area contributed by atoms with Gasteiger partial charge in [0, 0.05) is 0 Å². The summed E-state index contributed by atoms with van der Waals surface area (Å²) >= 11 is 0.812. The third-order valence-electron chi connectivity index (χ3n) is 3.21. The molecule has 0 aliphatic carbocycles. The van der Waals surface area contributed by atoms with Crippen LogP contribution in [0.3, 0.4) is 0 Å². The normalized spacial score (nSPS) is 16.0. The second-order valence-corrected chi connectivity index (χ2v) is 6.84. The van der Waals surface area contributed by atoms with Crippen LogP contribution < -0.4 is 4.74 Å². The van der Waals surface area contributed by atoms with Gasteiger partial charge in [0.05, 0.1) is 18.1 Å². The fraction of sp³-hybridized carbons (Fsp3) is 0.389. The lowest BCUT2D eigenvalue weighted by Crippen LogP contribution is -2.34. The van der Waals surface area contributed by atoms with E-state index in [4.69, 9.17) is 9.47 Å². The zero-order valence-corrected chi connectivity index (χ0v) is 15.3. The van der Waals surface area contributed by atoms with Gasteiger partial charge in [0.1, 0.15) is 12.3 Å². The lowest BCUT2D eigenvalue weighted by Gasteiger charge is -2.12. The summed E-state index contributed by atoms with van der Waals surface area (Å²) in [7, 11) is 0. The lowest BCUT2D eigenvalue weighted by atomic mass is 10.2. The number of hydrogen-bond acceptors (Lipinski definition) is 6. The molecule has 1 heterocycles. The second kappa shape index (κ2) is 8.71. The van der Waals surface area contributed by atoms with Gasteiger partial charge in [-0.1, -0.05) is 26.0 Å². The molecular weight excluding hydrogens is 342 g/mol. The van der Waals surface area contributed by atoms with Crippen molar-refractivity contribution in [3.8, 4) is 5.75 Å². The molecular formula is C18H21NO5S. The highest BCUT2D eigenvalue weighted by Crippen LogP contribution is 2.32. The molecule has 2 amide bonds. The maximum Gasteiger partial charge on any atom is 0.326 e. The van der Waals surface area contributed by atoms with Gasteiger partial charge in [0.25, 0.3) is 11.1 Å². The number of nitrogens with zero attached hydrogens (tertiary/aromatic N) is 1. The number of imide groups is 1. The van der Waals surface area contributed by atoms with E-state index < -0.39 is 17.1 Å². The molecule has 0 spiro atoms. The number of carbonyl (C=O) groups is 3. The first-order valence-electron chi connectivity index (χ1n) is 8.04. The predicted octanol–water partition coefficient (Wildman–Crippen LogP) is 3.32. The average Bonchev–Trinajstić information content (AvgIpc) is 2.81. The van der Waals surface area contributed by atoms with Crippen LogP contribution in [0.25, 0.3) is 6.08 Å². The van der Waals surface area contributed by atoms with Gasteiger partial charge in [-0.15, -0.1) is 0 Å².